The van der Waals surface area contributed by atoms with E-state index in [2.05, 4.69) is 11.9 Å². The fourth-order valence-corrected chi connectivity index (χ4v) is 2.30. The van der Waals surface area contributed by atoms with Crippen LogP contribution >= 0.6 is 11.8 Å². The predicted octanol–water partition coefficient (Wildman–Crippen LogP) is 2.14. The van der Waals surface area contributed by atoms with Crippen LogP contribution in [0.25, 0.3) is 0 Å². The normalized spacial score (nSPS) is 13.7. The average Bonchev–Trinajstić information content (AvgIpc) is 2.42. The second-order valence-corrected chi connectivity index (χ2v) is 5.31. The van der Waals surface area contributed by atoms with Crippen LogP contribution in [0.2, 0.25) is 0 Å². The first-order valence-electron chi connectivity index (χ1n) is 5.88. The summed E-state index contributed by atoms with van der Waals surface area (Å²) in [7, 11) is 0. The minimum atomic E-state index is -0.536. The molecule has 2 atom stereocenters. The molecule has 1 amide bonds. The Labute approximate surface area is 112 Å². The Bertz CT molecular complexity index is 381. The fraction of sp³-hybridized carbons (Fsp3) is 0.357. The van der Waals surface area contributed by atoms with E-state index >= 15 is 0 Å². The van der Waals surface area contributed by atoms with Gasteiger partial charge in [-0.05, 0) is 12.5 Å². The highest BCUT2D eigenvalue weighted by atomic mass is 32.2. The van der Waals surface area contributed by atoms with Gasteiger partial charge in [0.05, 0.1) is 11.4 Å². The van der Waals surface area contributed by atoms with Crippen LogP contribution in [0, 0.1) is 0 Å². The summed E-state index contributed by atoms with van der Waals surface area (Å²) in [6.07, 6.45) is 1.11. The standard InChI is InChI=1S/C14H19NO2S/c1-3-9-15-14(17)11(2)18-10-13(16)12-7-5-4-6-8-12/h3-8,11,13,16H,1,9-10H2,2H3,(H,15,17). The molecular formula is C14H19NO2S. The van der Waals surface area contributed by atoms with Crippen molar-refractivity contribution in [2.24, 2.45) is 0 Å². The van der Waals surface area contributed by atoms with Gasteiger partial charge >= 0.3 is 0 Å². The summed E-state index contributed by atoms with van der Waals surface area (Å²) < 4.78 is 0. The maximum absolute atomic E-state index is 11.6. The van der Waals surface area contributed by atoms with Crippen molar-refractivity contribution >= 4 is 17.7 Å². The molecule has 1 aromatic rings. The molecule has 1 rings (SSSR count). The second kappa shape index (κ2) is 7.95. The zero-order valence-electron chi connectivity index (χ0n) is 10.5. The van der Waals surface area contributed by atoms with E-state index in [-0.39, 0.29) is 11.2 Å². The number of aliphatic hydroxyl groups is 1. The maximum atomic E-state index is 11.6. The summed E-state index contributed by atoms with van der Waals surface area (Å²) in [5.74, 6) is 0.479. The van der Waals surface area contributed by atoms with Crippen molar-refractivity contribution in [3.8, 4) is 0 Å². The Morgan fingerprint density at radius 1 is 1.50 bits per heavy atom. The van der Waals surface area contributed by atoms with Gasteiger partial charge in [-0.25, -0.2) is 0 Å². The average molecular weight is 265 g/mol. The third-order valence-corrected chi connectivity index (χ3v) is 3.70. The summed E-state index contributed by atoms with van der Waals surface area (Å²) in [5.41, 5.74) is 0.878. The molecule has 0 aliphatic carbocycles. The number of aliphatic hydroxyl groups excluding tert-OH is 1. The lowest BCUT2D eigenvalue weighted by molar-refractivity contribution is -0.120. The molecule has 0 saturated heterocycles. The SMILES string of the molecule is C=CCNC(=O)C(C)SCC(O)c1ccccc1. The number of carbonyl (C=O) groups excluding carboxylic acids is 1. The van der Waals surface area contributed by atoms with Gasteiger partial charge in [0.25, 0.3) is 0 Å². The molecule has 0 bridgehead atoms. The zero-order valence-corrected chi connectivity index (χ0v) is 11.3. The number of carbonyl (C=O) groups is 1. The van der Waals surface area contributed by atoms with Crippen LogP contribution in [0.3, 0.4) is 0 Å². The molecular weight excluding hydrogens is 246 g/mol. The summed E-state index contributed by atoms with van der Waals surface area (Å²) >= 11 is 1.44. The van der Waals surface area contributed by atoms with Crippen LogP contribution in [-0.4, -0.2) is 28.6 Å². The summed E-state index contributed by atoms with van der Waals surface area (Å²) in [6, 6.07) is 9.46. The van der Waals surface area contributed by atoms with Gasteiger partial charge in [-0.1, -0.05) is 36.4 Å². The number of thioether (sulfide) groups is 1. The lowest BCUT2D eigenvalue weighted by atomic mass is 10.1. The molecule has 98 valence electrons. The molecule has 0 radical (unpaired) electrons. The Morgan fingerprint density at radius 2 is 2.17 bits per heavy atom. The quantitative estimate of drug-likeness (QED) is 0.743. The van der Waals surface area contributed by atoms with Crippen molar-refractivity contribution in [2.45, 2.75) is 18.3 Å². The molecule has 1 aromatic carbocycles. The van der Waals surface area contributed by atoms with E-state index in [4.69, 9.17) is 0 Å². The molecule has 2 unspecified atom stereocenters. The Morgan fingerprint density at radius 3 is 2.78 bits per heavy atom. The third kappa shape index (κ3) is 4.94. The number of hydrogen-bond acceptors (Lipinski definition) is 3. The highest BCUT2D eigenvalue weighted by Gasteiger charge is 2.15. The van der Waals surface area contributed by atoms with Gasteiger partial charge in [-0.3, -0.25) is 4.79 Å². The lowest BCUT2D eigenvalue weighted by Gasteiger charge is -2.14. The van der Waals surface area contributed by atoms with Crippen LogP contribution in [-0.2, 0) is 4.79 Å². The van der Waals surface area contributed by atoms with E-state index in [1.807, 2.05) is 37.3 Å². The Kier molecular flexibility index (Phi) is 6.54. The fourth-order valence-electron chi connectivity index (χ4n) is 1.40. The number of rotatable bonds is 7. The topological polar surface area (TPSA) is 49.3 Å². The van der Waals surface area contributed by atoms with E-state index < -0.39 is 6.10 Å². The third-order valence-electron chi connectivity index (χ3n) is 2.48. The van der Waals surface area contributed by atoms with Gasteiger partial charge in [0.1, 0.15) is 0 Å². The number of hydrogen-bond donors (Lipinski definition) is 2. The first kappa shape index (κ1) is 14.8. The zero-order chi connectivity index (χ0) is 13.4. The first-order valence-corrected chi connectivity index (χ1v) is 6.93. The number of nitrogens with one attached hydrogen (secondary N) is 1. The molecule has 0 fully saturated rings. The van der Waals surface area contributed by atoms with Gasteiger partial charge in [0, 0.05) is 12.3 Å². The van der Waals surface area contributed by atoms with E-state index in [0.717, 1.165) is 5.56 Å². The van der Waals surface area contributed by atoms with Crippen LogP contribution in [0.1, 0.15) is 18.6 Å². The highest BCUT2D eigenvalue weighted by Crippen LogP contribution is 2.21. The summed E-state index contributed by atoms with van der Waals surface area (Å²) in [5, 5.41) is 12.5. The summed E-state index contributed by atoms with van der Waals surface area (Å²) in [6.45, 7) is 5.86. The molecule has 0 aliphatic rings. The van der Waals surface area contributed by atoms with Crippen molar-refractivity contribution in [3.63, 3.8) is 0 Å². The molecule has 2 N–H and O–H groups in total. The number of amides is 1. The molecule has 0 aromatic heterocycles. The predicted molar refractivity (Wildman–Crippen MR) is 76.5 cm³/mol. The molecule has 0 aliphatic heterocycles. The van der Waals surface area contributed by atoms with Crippen LogP contribution in [0.15, 0.2) is 43.0 Å². The lowest BCUT2D eigenvalue weighted by Crippen LogP contribution is -2.31. The van der Waals surface area contributed by atoms with Crippen molar-refractivity contribution in [1.29, 1.82) is 0 Å². The van der Waals surface area contributed by atoms with Gasteiger partial charge < -0.3 is 10.4 Å². The highest BCUT2D eigenvalue weighted by molar-refractivity contribution is 8.00. The van der Waals surface area contributed by atoms with E-state index in [0.29, 0.717) is 12.3 Å². The van der Waals surface area contributed by atoms with Crippen molar-refractivity contribution in [2.75, 3.05) is 12.3 Å². The maximum Gasteiger partial charge on any atom is 0.233 e. The van der Waals surface area contributed by atoms with Crippen molar-refractivity contribution in [1.82, 2.24) is 5.32 Å². The molecule has 3 nitrogen and oxygen atoms in total. The van der Waals surface area contributed by atoms with E-state index in [1.54, 1.807) is 6.08 Å². The van der Waals surface area contributed by atoms with Crippen LogP contribution in [0.5, 0.6) is 0 Å². The largest absolute Gasteiger partial charge is 0.388 e. The van der Waals surface area contributed by atoms with Gasteiger partial charge in [-0.15, -0.1) is 18.3 Å². The van der Waals surface area contributed by atoms with Gasteiger partial charge in [0.15, 0.2) is 0 Å². The molecule has 0 heterocycles. The van der Waals surface area contributed by atoms with Crippen LogP contribution in [0.4, 0.5) is 0 Å². The summed E-state index contributed by atoms with van der Waals surface area (Å²) in [4.78, 5) is 11.6. The molecule has 0 spiro atoms. The van der Waals surface area contributed by atoms with Crippen molar-refractivity contribution < 1.29 is 9.90 Å². The smallest absolute Gasteiger partial charge is 0.233 e. The molecule has 18 heavy (non-hydrogen) atoms. The number of benzene rings is 1. The monoisotopic (exact) mass is 265 g/mol. The minimum absolute atomic E-state index is 0.0276. The van der Waals surface area contributed by atoms with Crippen LogP contribution < -0.4 is 5.32 Å². The van der Waals surface area contributed by atoms with E-state index in [1.165, 1.54) is 11.8 Å². The second-order valence-electron chi connectivity index (χ2n) is 3.94. The van der Waals surface area contributed by atoms with Gasteiger partial charge in [-0.2, -0.15) is 0 Å². The minimum Gasteiger partial charge on any atom is -0.388 e. The Balaban J connectivity index is 2.36. The van der Waals surface area contributed by atoms with E-state index in [9.17, 15) is 9.90 Å². The molecule has 4 heteroatoms. The Hall–Kier alpha value is -1.26. The first-order chi connectivity index (χ1) is 8.65. The van der Waals surface area contributed by atoms with Gasteiger partial charge in [0.2, 0.25) is 5.91 Å². The molecule has 0 saturated carbocycles. The van der Waals surface area contributed by atoms with Crippen molar-refractivity contribution in [3.05, 3.63) is 48.6 Å².